The van der Waals surface area contributed by atoms with Gasteiger partial charge in [-0.25, -0.2) is 14.6 Å². The third kappa shape index (κ3) is 2.62. The first-order chi connectivity index (χ1) is 8.70. The lowest BCUT2D eigenvalue weighted by Crippen LogP contribution is -2.16. The summed E-state index contributed by atoms with van der Waals surface area (Å²) < 4.78 is 6.19. The number of ether oxygens (including phenoxy) is 1. The maximum absolute atomic E-state index is 11.3. The number of anilines is 1. The lowest BCUT2D eigenvalue weighted by molar-refractivity contribution is -0.143. The SMILES string of the molecule is CCOC(=O)Cn1nc(-c2ncccn2)cc1N. The van der Waals surface area contributed by atoms with E-state index in [1.807, 2.05) is 0 Å². The zero-order valence-corrected chi connectivity index (χ0v) is 9.91. The highest BCUT2D eigenvalue weighted by atomic mass is 16.5. The van der Waals surface area contributed by atoms with E-state index in [-0.39, 0.29) is 12.5 Å². The fourth-order valence-electron chi connectivity index (χ4n) is 1.43. The van der Waals surface area contributed by atoms with Crippen molar-refractivity contribution in [2.45, 2.75) is 13.5 Å². The predicted octanol–water partition coefficient (Wildman–Crippen LogP) is 0.485. The molecule has 0 radical (unpaired) electrons. The van der Waals surface area contributed by atoms with Crippen LogP contribution in [-0.2, 0) is 16.1 Å². The fourth-order valence-corrected chi connectivity index (χ4v) is 1.43. The zero-order chi connectivity index (χ0) is 13.0. The largest absolute Gasteiger partial charge is 0.465 e. The Morgan fingerprint density at radius 2 is 2.17 bits per heavy atom. The van der Waals surface area contributed by atoms with E-state index in [0.29, 0.717) is 23.9 Å². The van der Waals surface area contributed by atoms with Crippen molar-refractivity contribution in [3.05, 3.63) is 24.5 Å². The summed E-state index contributed by atoms with van der Waals surface area (Å²) in [7, 11) is 0. The summed E-state index contributed by atoms with van der Waals surface area (Å²) in [6.07, 6.45) is 3.23. The van der Waals surface area contributed by atoms with Crippen molar-refractivity contribution in [1.82, 2.24) is 19.7 Å². The second-order valence-electron chi connectivity index (χ2n) is 3.49. The summed E-state index contributed by atoms with van der Waals surface area (Å²) in [5.41, 5.74) is 6.29. The smallest absolute Gasteiger partial charge is 0.327 e. The van der Waals surface area contributed by atoms with Gasteiger partial charge in [-0.1, -0.05) is 0 Å². The first kappa shape index (κ1) is 12.0. The maximum atomic E-state index is 11.3. The van der Waals surface area contributed by atoms with Crippen LogP contribution < -0.4 is 5.73 Å². The number of nitrogens with zero attached hydrogens (tertiary/aromatic N) is 4. The average Bonchev–Trinajstić information content (AvgIpc) is 2.72. The molecule has 0 amide bonds. The van der Waals surface area contributed by atoms with E-state index in [1.54, 1.807) is 31.5 Å². The van der Waals surface area contributed by atoms with Gasteiger partial charge in [0.1, 0.15) is 18.1 Å². The number of esters is 1. The molecular weight excluding hydrogens is 234 g/mol. The highest BCUT2D eigenvalue weighted by Gasteiger charge is 2.12. The summed E-state index contributed by atoms with van der Waals surface area (Å²) >= 11 is 0. The molecule has 7 heteroatoms. The lowest BCUT2D eigenvalue weighted by atomic mass is 10.4. The molecule has 0 spiro atoms. The molecule has 2 aromatic heterocycles. The van der Waals surface area contributed by atoms with E-state index in [1.165, 1.54) is 4.68 Å². The number of rotatable bonds is 4. The van der Waals surface area contributed by atoms with Crippen LogP contribution in [0, 0.1) is 0 Å². The number of carbonyl (C=O) groups is 1. The van der Waals surface area contributed by atoms with Crippen molar-refractivity contribution in [1.29, 1.82) is 0 Å². The zero-order valence-electron chi connectivity index (χ0n) is 9.91. The molecule has 0 aromatic carbocycles. The standard InChI is InChI=1S/C11H13N5O2/c1-2-18-10(17)7-16-9(12)6-8(15-16)11-13-4-3-5-14-11/h3-6H,2,7,12H2,1H3. The number of hydrogen-bond acceptors (Lipinski definition) is 6. The predicted molar refractivity (Wildman–Crippen MR) is 64.3 cm³/mol. The molecular formula is C11H13N5O2. The Balaban J connectivity index is 2.20. The molecule has 0 bridgehead atoms. The van der Waals surface area contributed by atoms with Crippen molar-refractivity contribution in [2.24, 2.45) is 0 Å². The second-order valence-corrected chi connectivity index (χ2v) is 3.49. The normalized spacial score (nSPS) is 10.3. The van der Waals surface area contributed by atoms with Crippen LogP contribution in [0.2, 0.25) is 0 Å². The molecule has 0 aliphatic rings. The van der Waals surface area contributed by atoms with Crippen LogP contribution in [0.3, 0.4) is 0 Å². The Hall–Kier alpha value is -2.44. The Kier molecular flexibility index (Phi) is 3.52. The molecule has 2 heterocycles. The third-order valence-electron chi connectivity index (χ3n) is 2.19. The first-order valence-electron chi connectivity index (χ1n) is 5.47. The van der Waals surface area contributed by atoms with Crippen LogP contribution in [0.4, 0.5) is 5.82 Å². The van der Waals surface area contributed by atoms with Crippen LogP contribution >= 0.6 is 0 Å². The first-order valence-corrected chi connectivity index (χ1v) is 5.47. The van der Waals surface area contributed by atoms with Gasteiger partial charge < -0.3 is 10.5 Å². The third-order valence-corrected chi connectivity index (χ3v) is 2.19. The molecule has 0 saturated carbocycles. The number of nitrogens with two attached hydrogens (primary N) is 1. The molecule has 0 fully saturated rings. The molecule has 0 aliphatic carbocycles. The van der Waals surface area contributed by atoms with Crippen molar-refractivity contribution in [2.75, 3.05) is 12.3 Å². The molecule has 2 aromatic rings. The molecule has 18 heavy (non-hydrogen) atoms. The maximum Gasteiger partial charge on any atom is 0.327 e. The van der Waals surface area contributed by atoms with Gasteiger partial charge >= 0.3 is 5.97 Å². The van der Waals surface area contributed by atoms with Gasteiger partial charge in [0.2, 0.25) is 0 Å². The van der Waals surface area contributed by atoms with Crippen LogP contribution in [0.25, 0.3) is 11.5 Å². The topological polar surface area (TPSA) is 95.9 Å². The quantitative estimate of drug-likeness (QED) is 0.790. The van der Waals surface area contributed by atoms with Crippen LogP contribution in [-0.4, -0.2) is 32.3 Å². The molecule has 2 rings (SSSR count). The molecule has 0 unspecified atom stereocenters. The Morgan fingerprint density at radius 1 is 1.44 bits per heavy atom. The summed E-state index contributed by atoms with van der Waals surface area (Å²) in [6.45, 7) is 2.05. The van der Waals surface area contributed by atoms with Crippen molar-refractivity contribution < 1.29 is 9.53 Å². The van der Waals surface area contributed by atoms with Gasteiger partial charge in [-0.15, -0.1) is 0 Å². The van der Waals surface area contributed by atoms with Gasteiger partial charge in [-0.2, -0.15) is 5.10 Å². The monoisotopic (exact) mass is 247 g/mol. The Labute approximate surface area is 104 Å². The molecule has 0 atom stereocenters. The highest BCUT2D eigenvalue weighted by Crippen LogP contribution is 2.15. The minimum Gasteiger partial charge on any atom is -0.465 e. The van der Waals surface area contributed by atoms with Crippen molar-refractivity contribution in [3.8, 4) is 11.5 Å². The second kappa shape index (κ2) is 5.26. The van der Waals surface area contributed by atoms with Crippen LogP contribution in [0.1, 0.15) is 6.92 Å². The number of hydrogen-bond donors (Lipinski definition) is 1. The van der Waals surface area contributed by atoms with Gasteiger partial charge in [0.25, 0.3) is 0 Å². The summed E-state index contributed by atoms with van der Waals surface area (Å²) in [5.74, 6) is 0.449. The van der Waals surface area contributed by atoms with E-state index in [0.717, 1.165) is 0 Å². The van der Waals surface area contributed by atoms with E-state index in [9.17, 15) is 4.79 Å². The van der Waals surface area contributed by atoms with Gasteiger partial charge in [-0.3, -0.25) is 4.79 Å². The van der Waals surface area contributed by atoms with Crippen LogP contribution in [0.5, 0.6) is 0 Å². The molecule has 0 saturated heterocycles. The van der Waals surface area contributed by atoms with E-state index in [2.05, 4.69) is 15.1 Å². The average molecular weight is 247 g/mol. The minimum absolute atomic E-state index is 0.0213. The fraction of sp³-hybridized carbons (Fsp3) is 0.273. The van der Waals surface area contributed by atoms with Gasteiger partial charge in [0.15, 0.2) is 5.82 Å². The van der Waals surface area contributed by atoms with Crippen molar-refractivity contribution >= 4 is 11.8 Å². The summed E-state index contributed by atoms with van der Waals surface area (Å²) in [4.78, 5) is 19.5. The van der Waals surface area contributed by atoms with E-state index in [4.69, 9.17) is 10.5 Å². The number of carbonyl (C=O) groups excluding carboxylic acids is 1. The number of aromatic nitrogens is 4. The van der Waals surface area contributed by atoms with E-state index < -0.39 is 0 Å². The van der Waals surface area contributed by atoms with E-state index >= 15 is 0 Å². The van der Waals surface area contributed by atoms with Gasteiger partial charge in [0, 0.05) is 18.5 Å². The lowest BCUT2D eigenvalue weighted by Gasteiger charge is -2.03. The minimum atomic E-state index is -0.382. The van der Waals surface area contributed by atoms with Crippen molar-refractivity contribution in [3.63, 3.8) is 0 Å². The molecule has 7 nitrogen and oxygen atoms in total. The Morgan fingerprint density at radius 3 is 2.83 bits per heavy atom. The van der Waals surface area contributed by atoms with Crippen LogP contribution in [0.15, 0.2) is 24.5 Å². The summed E-state index contributed by atoms with van der Waals surface area (Å²) in [5, 5.41) is 4.17. The number of nitrogen functional groups attached to an aromatic ring is 1. The summed E-state index contributed by atoms with van der Waals surface area (Å²) in [6, 6.07) is 3.33. The Bertz CT molecular complexity index is 538. The molecule has 94 valence electrons. The highest BCUT2D eigenvalue weighted by molar-refractivity contribution is 5.70. The molecule has 0 aliphatic heterocycles. The molecule has 2 N–H and O–H groups in total. The van der Waals surface area contributed by atoms with Gasteiger partial charge in [-0.05, 0) is 13.0 Å². The van der Waals surface area contributed by atoms with Gasteiger partial charge in [0.05, 0.1) is 6.61 Å².